The van der Waals surface area contributed by atoms with Crippen molar-refractivity contribution in [3.05, 3.63) is 97.4 Å². The molecule has 0 spiro atoms. The molecule has 0 fully saturated rings. The molecule has 36 heavy (non-hydrogen) atoms. The van der Waals surface area contributed by atoms with Crippen LogP contribution < -0.4 is 10.6 Å². The second-order valence-electron chi connectivity index (χ2n) is 13.0. The summed E-state index contributed by atoms with van der Waals surface area (Å²) in [5.74, 6) is 0. The van der Waals surface area contributed by atoms with Crippen molar-refractivity contribution in [1.29, 1.82) is 0 Å². The second kappa shape index (κ2) is 11.1. The zero-order valence-corrected chi connectivity index (χ0v) is 28.1. The Bertz CT molecular complexity index is 1140. The fourth-order valence-electron chi connectivity index (χ4n) is 6.60. The van der Waals surface area contributed by atoms with Crippen molar-refractivity contribution in [1.82, 2.24) is 0 Å². The van der Waals surface area contributed by atoms with E-state index >= 15 is 0 Å². The van der Waals surface area contributed by atoms with Gasteiger partial charge in [0.05, 0.1) is 0 Å². The first-order chi connectivity index (χ1) is 16.6. The van der Waals surface area contributed by atoms with Gasteiger partial charge in [-0.15, -0.1) is 0 Å². The molecule has 0 unspecified atom stereocenters. The molecule has 2 heteroatoms. The summed E-state index contributed by atoms with van der Waals surface area (Å²) in [5.41, 5.74) is 9.84. The van der Waals surface area contributed by atoms with E-state index in [1.54, 1.807) is 14.5 Å². The van der Waals surface area contributed by atoms with Gasteiger partial charge in [0.15, 0.2) is 0 Å². The van der Waals surface area contributed by atoms with Crippen LogP contribution in [0.4, 0.5) is 0 Å². The summed E-state index contributed by atoms with van der Waals surface area (Å²) in [6, 6.07) is 20.7. The van der Waals surface area contributed by atoms with Gasteiger partial charge in [0.25, 0.3) is 0 Å². The van der Waals surface area contributed by atoms with Crippen molar-refractivity contribution in [2.75, 3.05) is 0 Å². The zero-order chi connectivity index (χ0) is 27.0. The van der Waals surface area contributed by atoms with Gasteiger partial charge in [-0.1, -0.05) is 0 Å². The van der Waals surface area contributed by atoms with Gasteiger partial charge < -0.3 is 0 Å². The molecule has 0 aliphatic carbocycles. The molecule has 0 N–H and O–H groups in total. The molecule has 0 heterocycles. The molecule has 0 radical (unpaired) electrons. The molecule has 0 aliphatic rings. The average molecular weight is 555 g/mol. The van der Waals surface area contributed by atoms with Crippen LogP contribution in [0, 0.1) is 41.5 Å². The predicted octanol–water partition coefficient (Wildman–Crippen LogP) is 9.65. The number of aryl methyl sites for hydroxylation is 6. The topological polar surface area (TPSA) is 0 Å². The Morgan fingerprint density at radius 1 is 0.611 bits per heavy atom. The summed E-state index contributed by atoms with van der Waals surface area (Å²) < 4.78 is 2.37. The van der Waals surface area contributed by atoms with E-state index in [1.807, 2.05) is 0 Å². The molecule has 0 aliphatic heterocycles. The summed E-state index contributed by atoms with van der Waals surface area (Å²) in [5, 5.41) is 3.16. The molecule has 3 rings (SSSR count). The number of benzene rings is 3. The maximum absolute atomic E-state index is 2.63. The number of hydrogen-bond donors (Lipinski definition) is 0. The fraction of sp³-hybridized carbons (Fsp3) is 0.412. The maximum atomic E-state index is 2.63. The summed E-state index contributed by atoms with van der Waals surface area (Å²) in [6.07, 6.45) is 2.63. The monoisotopic (exact) mass is 554 g/mol. The summed E-state index contributed by atoms with van der Waals surface area (Å²) >= 11 is -2.18. The zero-order valence-electron chi connectivity index (χ0n) is 24.8. The molecule has 0 nitrogen and oxygen atoms in total. The third kappa shape index (κ3) is 6.47. The number of hydrogen-bond acceptors (Lipinski definition) is 0. The van der Waals surface area contributed by atoms with Gasteiger partial charge in [0.2, 0.25) is 0 Å². The van der Waals surface area contributed by atoms with Crippen LogP contribution in [0.5, 0.6) is 0 Å². The van der Waals surface area contributed by atoms with Crippen LogP contribution in [0.2, 0.25) is 7.94 Å². The molecule has 0 bridgehead atoms. The SMILES string of the molecule is Cc1cc(C)c(P(/[C](=C/c2ccccc2)[Ga]([C](C)(C)C)[C](C)(C)C)c2c(C)cc(C)cc2C)c(C)c1. The molecule has 3 aromatic carbocycles. The first-order valence-corrected chi connectivity index (χ1v) is 18.3. The summed E-state index contributed by atoms with van der Waals surface area (Å²) in [7, 11) is -0.670. The third-order valence-corrected chi connectivity index (χ3v) is 21.9. The molecule has 0 amide bonds. The van der Waals surface area contributed by atoms with E-state index in [0.717, 1.165) is 0 Å². The Kier molecular flexibility index (Phi) is 8.92. The Morgan fingerprint density at radius 2 is 0.972 bits per heavy atom. The van der Waals surface area contributed by atoms with Gasteiger partial charge in [-0.3, -0.25) is 0 Å². The van der Waals surface area contributed by atoms with Gasteiger partial charge in [0, 0.05) is 0 Å². The van der Waals surface area contributed by atoms with Crippen molar-refractivity contribution in [2.45, 2.75) is 91.0 Å². The Labute approximate surface area is 228 Å². The van der Waals surface area contributed by atoms with Crippen molar-refractivity contribution < 1.29 is 0 Å². The standard InChI is InChI=1S/C26H28P.2C4H9.Ga/c1-18-14-20(3)25(21(4)15-18)27(13-12-24-10-8-7-9-11-24)26-22(5)16-19(2)17-23(26)6;2*1-4(2)3;/h7-12,14-17H,1-6H3;2*1-3H3;. The van der Waals surface area contributed by atoms with Gasteiger partial charge in [-0.2, -0.15) is 0 Å². The van der Waals surface area contributed by atoms with Crippen LogP contribution in [-0.2, 0) is 0 Å². The van der Waals surface area contributed by atoms with Gasteiger partial charge >= 0.3 is 229 Å². The van der Waals surface area contributed by atoms with E-state index in [1.165, 1.54) is 38.9 Å². The molecule has 190 valence electrons. The van der Waals surface area contributed by atoms with Crippen LogP contribution >= 0.6 is 7.92 Å². The van der Waals surface area contributed by atoms with Gasteiger partial charge in [-0.25, -0.2) is 0 Å². The third-order valence-electron chi connectivity index (χ3n) is 7.12. The first-order valence-electron chi connectivity index (χ1n) is 13.3. The fourth-order valence-corrected chi connectivity index (χ4v) is 26.8. The van der Waals surface area contributed by atoms with E-state index in [0.29, 0.717) is 7.94 Å². The average Bonchev–Trinajstić information content (AvgIpc) is 2.69. The quantitative estimate of drug-likeness (QED) is 0.217. The Balaban J connectivity index is 2.54. The van der Waals surface area contributed by atoms with Crippen molar-refractivity contribution >= 4 is 40.8 Å². The van der Waals surface area contributed by atoms with Crippen molar-refractivity contribution in [3.63, 3.8) is 0 Å². The predicted molar refractivity (Wildman–Crippen MR) is 167 cm³/mol. The van der Waals surface area contributed by atoms with E-state index in [4.69, 9.17) is 0 Å². The van der Waals surface area contributed by atoms with Crippen LogP contribution in [-0.4, -0.2) is 16.2 Å². The normalized spacial score (nSPS) is 12.9. The first kappa shape index (κ1) is 29.0. The molecule has 0 atom stereocenters. The van der Waals surface area contributed by atoms with Crippen molar-refractivity contribution in [3.8, 4) is 0 Å². The van der Waals surface area contributed by atoms with Crippen molar-refractivity contribution in [2.24, 2.45) is 0 Å². The Hall–Kier alpha value is -1.53. The van der Waals surface area contributed by atoms with Crippen LogP contribution in [0.25, 0.3) is 6.08 Å². The summed E-state index contributed by atoms with van der Waals surface area (Å²) in [6.45, 7) is 28.9. The van der Waals surface area contributed by atoms with E-state index in [9.17, 15) is 0 Å². The minimum atomic E-state index is -2.18. The molecule has 3 aromatic rings. The van der Waals surface area contributed by atoms with E-state index in [2.05, 4.69) is 144 Å². The van der Waals surface area contributed by atoms with Crippen LogP contribution in [0.1, 0.15) is 80.5 Å². The summed E-state index contributed by atoms with van der Waals surface area (Å²) in [4.78, 5) is 0. The van der Waals surface area contributed by atoms with E-state index in [-0.39, 0.29) is 0 Å². The minimum absolute atomic E-state index is 0.297. The molecule has 0 saturated carbocycles. The molecule has 0 aromatic heterocycles. The molecular weight excluding hydrogens is 509 g/mol. The van der Waals surface area contributed by atoms with Crippen LogP contribution in [0.15, 0.2) is 58.5 Å². The van der Waals surface area contributed by atoms with E-state index < -0.39 is 24.1 Å². The number of rotatable bonds is 5. The Morgan fingerprint density at radius 3 is 1.31 bits per heavy atom. The molecular formula is C34H46GaP. The molecule has 0 saturated heterocycles. The van der Waals surface area contributed by atoms with Gasteiger partial charge in [0.1, 0.15) is 0 Å². The van der Waals surface area contributed by atoms with Crippen LogP contribution in [0.3, 0.4) is 0 Å². The second-order valence-corrected chi connectivity index (χ2v) is 26.5. The van der Waals surface area contributed by atoms with Gasteiger partial charge in [-0.05, 0) is 0 Å².